The van der Waals surface area contributed by atoms with Crippen LogP contribution < -0.4 is 0 Å². The van der Waals surface area contributed by atoms with Crippen LogP contribution in [-0.4, -0.2) is 51.7 Å². The summed E-state index contributed by atoms with van der Waals surface area (Å²) >= 11 is 5.99. The molecular weight excluding hydrogens is 332 g/mol. The van der Waals surface area contributed by atoms with Crippen molar-refractivity contribution >= 4 is 22.6 Å². The number of aromatic nitrogens is 8. The number of aliphatic hydroxyl groups excluding tert-OH is 1. The van der Waals surface area contributed by atoms with Crippen LogP contribution in [0.3, 0.4) is 0 Å². The maximum Gasteiger partial charge on any atom is 0.205 e. The molecule has 24 heavy (non-hydrogen) atoms. The Balaban J connectivity index is 1.79. The third-order valence-electron chi connectivity index (χ3n) is 3.41. The van der Waals surface area contributed by atoms with E-state index in [-0.39, 0.29) is 6.61 Å². The Morgan fingerprint density at radius 1 is 1.21 bits per heavy atom. The molecule has 4 aromatic rings. The number of benzene rings is 1. The summed E-state index contributed by atoms with van der Waals surface area (Å²) in [5.41, 5.74) is 1.35. The topological polar surface area (TPSA) is 107 Å². The molecule has 1 aromatic carbocycles. The predicted octanol–water partition coefficient (Wildman–Crippen LogP) is 1.11. The number of hydrogen-bond acceptors (Lipinski definition) is 7. The van der Waals surface area contributed by atoms with E-state index >= 15 is 0 Å². The van der Waals surface area contributed by atoms with Gasteiger partial charge in [-0.2, -0.15) is 5.10 Å². The van der Waals surface area contributed by atoms with Gasteiger partial charge in [0.25, 0.3) is 0 Å². The maximum absolute atomic E-state index is 9.08. The number of aliphatic hydroxyl groups is 1. The molecule has 0 spiro atoms. The molecule has 0 fully saturated rings. The first-order valence-corrected chi connectivity index (χ1v) is 7.48. The summed E-state index contributed by atoms with van der Waals surface area (Å²) < 4.78 is 1.59. The standard InChI is InChI=1S/C14H11ClN8O/c15-10-3-1-2-9(6-10)12-19-21-23(20-12)14-11-7-18-22(4-5-24)13(11)16-8-17-14/h1-3,6-8,24H,4-5H2. The lowest BCUT2D eigenvalue weighted by molar-refractivity contribution is 0.271. The van der Waals surface area contributed by atoms with E-state index in [0.717, 1.165) is 5.56 Å². The van der Waals surface area contributed by atoms with Crippen molar-refractivity contribution in [2.24, 2.45) is 0 Å². The van der Waals surface area contributed by atoms with Gasteiger partial charge in [-0.05, 0) is 17.3 Å². The van der Waals surface area contributed by atoms with Crippen molar-refractivity contribution < 1.29 is 5.11 Å². The molecule has 1 N–H and O–H groups in total. The highest BCUT2D eigenvalue weighted by Crippen LogP contribution is 2.20. The van der Waals surface area contributed by atoms with Crippen LogP contribution in [0, 0.1) is 0 Å². The molecule has 3 aromatic heterocycles. The van der Waals surface area contributed by atoms with Gasteiger partial charge in [-0.25, -0.2) is 14.6 Å². The van der Waals surface area contributed by atoms with Gasteiger partial charge in [0.05, 0.1) is 24.7 Å². The molecular formula is C14H11ClN8O. The zero-order valence-electron chi connectivity index (χ0n) is 12.3. The first-order valence-electron chi connectivity index (χ1n) is 7.10. The molecule has 4 rings (SSSR count). The third kappa shape index (κ3) is 2.49. The van der Waals surface area contributed by atoms with Gasteiger partial charge in [-0.15, -0.1) is 15.0 Å². The largest absolute Gasteiger partial charge is 0.394 e. The molecule has 0 saturated heterocycles. The van der Waals surface area contributed by atoms with E-state index in [1.807, 2.05) is 12.1 Å². The fourth-order valence-electron chi connectivity index (χ4n) is 2.35. The predicted molar refractivity (Wildman–Crippen MR) is 85.6 cm³/mol. The van der Waals surface area contributed by atoms with Gasteiger partial charge in [-0.1, -0.05) is 23.7 Å². The lowest BCUT2D eigenvalue weighted by Crippen LogP contribution is -2.06. The van der Waals surface area contributed by atoms with Crippen LogP contribution in [0.2, 0.25) is 5.02 Å². The van der Waals surface area contributed by atoms with Gasteiger partial charge in [0.15, 0.2) is 11.5 Å². The monoisotopic (exact) mass is 342 g/mol. The molecule has 0 saturated carbocycles. The summed E-state index contributed by atoms with van der Waals surface area (Å²) in [5.74, 6) is 0.900. The molecule has 0 aliphatic rings. The molecule has 0 bridgehead atoms. The summed E-state index contributed by atoms with van der Waals surface area (Å²) in [6, 6.07) is 7.21. The van der Waals surface area contributed by atoms with E-state index in [9.17, 15) is 0 Å². The normalized spacial score (nSPS) is 11.2. The Labute approximate surface area is 140 Å². The average molecular weight is 343 g/mol. The number of tetrazole rings is 1. The van der Waals surface area contributed by atoms with Crippen molar-refractivity contribution in [3.8, 4) is 17.2 Å². The Kier molecular flexibility index (Phi) is 3.63. The van der Waals surface area contributed by atoms with Crippen LogP contribution in [0.1, 0.15) is 0 Å². The minimum atomic E-state index is -0.0311. The van der Waals surface area contributed by atoms with E-state index < -0.39 is 0 Å². The number of hydrogen-bond donors (Lipinski definition) is 1. The van der Waals surface area contributed by atoms with E-state index in [0.29, 0.717) is 34.2 Å². The van der Waals surface area contributed by atoms with Gasteiger partial charge in [0, 0.05) is 10.6 Å². The molecule has 0 aliphatic heterocycles. The Bertz CT molecular complexity index is 1010. The van der Waals surface area contributed by atoms with Crippen molar-refractivity contribution in [1.82, 2.24) is 40.0 Å². The number of nitrogens with zero attached hydrogens (tertiary/aromatic N) is 8. The van der Waals surface area contributed by atoms with E-state index in [4.69, 9.17) is 16.7 Å². The molecule has 0 atom stereocenters. The van der Waals surface area contributed by atoms with Crippen molar-refractivity contribution in [1.29, 1.82) is 0 Å². The maximum atomic E-state index is 9.08. The van der Waals surface area contributed by atoms with Crippen molar-refractivity contribution in [3.05, 3.63) is 41.8 Å². The Morgan fingerprint density at radius 3 is 2.96 bits per heavy atom. The summed E-state index contributed by atoms with van der Waals surface area (Å²) in [7, 11) is 0. The molecule has 9 nitrogen and oxygen atoms in total. The number of fused-ring (bicyclic) bond motifs is 1. The van der Waals surface area contributed by atoms with Gasteiger partial charge in [0.1, 0.15) is 6.33 Å². The van der Waals surface area contributed by atoms with Gasteiger partial charge < -0.3 is 5.11 Å². The molecule has 0 aliphatic carbocycles. The highest BCUT2D eigenvalue weighted by atomic mass is 35.5. The fraction of sp³-hybridized carbons (Fsp3) is 0.143. The summed E-state index contributed by atoms with van der Waals surface area (Å²) in [6.07, 6.45) is 3.01. The summed E-state index contributed by atoms with van der Waals surface area (Å²) in [6.45, 7) is 0.315. The van der Waals surface area contributed by atoms with Crippen LogP contribution >= 0.6 is 11.6 Å². The summed E-state index contributed by atoms with van der Waals surface area (Å²) in [5, 5.41) is 27.0. The van der Waals surface area contributed by atoms with E-state index in [1.165, 1.54) is 11.1 Å². The van der Waals surface area contributed by atoms with Crippen LogP contribution in [0.15, 0.2) is 36.8 Å². The van der Waals surface area contributed by atoms with Crippen molar-refractivity contribution in [3.63, 3.8) is 0 Å². The lowest BCUT2D eigenvalue weighted by atomic mass is 10.2. The zero-order chi connectivity index (χ0) is 16.5. The zero-order valence-corrected chi connectivity index (χ0v) is 13.0. The third-order valence-corrected chi connectivity index (χ3v) is 3.65. The summed E-state index contributed by atoms with van der Waals surface area (Å²) in [4.78, 5) is 9.74. The minimum absolute atomic E-state index is 0.0311. The first-order chi connectivity index (χ1) is 11.8. The van der Waals surface area contributed by atoms with Crippen LogP contribution in [0.4, 0.5) is 0 Å². The van der Waals surface area contributed by atoms with Crippen LogP contribution in [0.5, 0.6) is 0 Å². The quantitative estimate of drug-likeness (QED) is 0.592. The second-order valence-corrected chi connectivity index (χ2v) is 5.38. The SMILES string of the molecule is OCCn1ncc2c(-n3nnc(-c4cccc(Cl)c4)n3)ncnc21. The minimum Gasteiger partial charge on any atom is -0.394 e. The molecule has 10 heteroatoms. The molecule has 3 heterocycles. The Morgan fingerprint density at radius 2 is 2.12 bits per heavy atom. The van der Waals surface area contributed by atoms with Crippen molar-refractivity contribution in [2.75, 3.05) is 6.61 Å². The highest BCUT2D eigenvalue weighted by molar-refractivity contribution is 6.30. The first kappa shape index (κ1) is 14.7. The highest BCUT2D eigenvalue weighted by Gasteiger charge is 2.14. The van der Waals surface area contributed by atoms with Crippen LogP contribution in [-0.2, 0) is 6.54 Å². The fourth-order valence-corrected chi connectivity index (χ4v) is 2.54. The van der Waals surface area contributed by atoms with E-state index in [1.54, 1.807) is 23.0 Å². The van der Waals surface area contributed by atoms with Gasteiger partial charge in [-0.3, -0.25) is 0 Å². The second-order valence-electron chi connectivity index (χ2n) is 4.94. The van der Waals surface area contributed by atoms with Crippen LogP contribution in [0.25, 0.3) is 28.2 Å². The van der Waals surface area contributed by atoms with Crippen molar-refractivity contribution in [2.45, 2.75) is 6.54 Å². The smallest absolute Gasteiger partial charge is 0.205 e. The molecule has 120 valence electrons. The Hall–Kier alpha value is -2.91. The van der Waals surface area contributed by atoms with E-state index in [2.05, 4.69) is 30.5 Å². The second kappa shape index (κ2) is 5.95. The average Bonchev–Trinajstić information content (AvgIpc) is 3.23. The molecule has 0 unspecified atom stereocenters. The molecule has 0 amide bonds. The number of halogens is 1. The van der Waals surface area contributed by atoms with Gasteiger partial charge >= 0.3 is 0 Å². The lowest BCUT2D eigenvalue weighted by Gasteiger charge is -2.01. The number of rotatable bonds is 4. The molecule has 0 radical (unpaired) electrons. The van der Waals surface area contributed by atoms with Gasteiger partial charge in [0.2, 0.25) is 5.82 Å².